The number of benzene rings is 2. The fourth-order valence-electron chi connectivity index (χ4n) is 4.44. The summed E-state index contributed by atoms with van der Waals surface area (Å²) in [6.07, 6.45) is -2.34. The van der Waals surface area contributed by atoms with Gasteiger partial charge in [0.15, 0.2) is 0 Å². The second-order valence-corrected chi connectivity index (χ2v) is 12.0. The van der Waals surface area contributed by atoms with Gasteiger partial charge in [-0.2, -0.15) is 0 Å². The van der Waals surface area contributed by atoms with Crippen LogP contribution in [0.15, 0.2) is 53.5 Å². The Balaban J connectivity index is 1.56. The zero-order valence-corrected chi connectivity index (χ0v) is 25.4. The zero-order chi connectivity index (χ0) is 31.8. The number of rotatable bonds is 8. The quantitative estimate of drug-likeness (QED) is 0.140. The van der Waals surface area contributed by atoms with E-state index in [1.54, 1.807) is 41.5 Å². The molecule has 2 aromatic carbocycles. The van der Waals surface area contributed by atoms with Crippen LogP contribution in [0.1, 0.15) is 71.4 Å². The van der Waals surface area contributed by atoms with Gasteiger partial charge in [0.2, 0.25) is 5.96 Å². The molecule has 0 aromatic heterocycles. The maximum absolute atomic E-state index is 12.6. The van der Waals surface area contributed by atoms with Crippen LogP contribution in [0.3, 0.4) is 0 Å². The first-order chi connectivity index (χ1) is 20.1. The van der Waals surface area contributed by atoms with Gasteiger partial charge in [-0.1, -0.05) is 48.5 Å². The molecule has 2 aromatic rings. The number of nitrogens with one attached hydrogen (secondary N) is 3. The van der Waals surface area contributed by atoms with Gasteiger partial charge in [0, 0.05) is 12.5 Å². The molecule has 0 bridgehead atoms. The molecular formula is C31H40N4O8. The zero-order valence-electron chi connectivity index (χ0n) is 25.4. The van der Waals surface area contributed by atoms with E-state index < -0.39 is 41.5 Å². The molecule has 232 valence electrons. The number of carboxylic acids is 1. The van der Waals surface area contributed by atoms with Crippen LogP contribution < -0.4 is 16.0 Å². The first-order valence-corrected chi connectivity index (χ1v) is 14.0. The van der Waals surface area contributed by atoms with Gasteiger partial charge < -0.3 is 24.6 Å². The van der Waals surface area contributed by atoms with E-state index in [0.717, 1.165) is 22.3 Å². The lowest BCUT2D eigenvalue weighted by Crippen LogP contribution is -2.47. The molecule has 0 spiro atoms. The number of aliphatic carboxylic acids is 1. The van der Waals surface area contributed by atoms with Gasteiger partial charge >= 0.3 is 24.2 Å². The summed E-state index contributed by atoms with van der Waals surface area (Å²) in [4.78, 5) is 53.1. The number of nitrogens with zero attached hydrogens (tertiary/aromatic N) is 1. The molecular weight excluding hydrogens is 556 g/mol. The lowest BCUT2D eigenvalue weighted by Gasteiger charge is -2.22. The fourth-order valence-corrected chi connectivity index (χ4v) is 4.44. The van der Waals surface area contributed by atoms with Crippen LogP contribution in [0.4, 0.5) is 14.4 Å². The van der Waals surface area contributed by atoms with Crippen LogP contribution in [0.2, 0.25) is 0 Å². The molecule has 0 heterocycles. The number of aliphatic imine (C=N–C) groups is 1. The van der Waals surface area contributed by atoms with Crippen molar-refractivity contribution in [3.05, 3.63) is 59.7 Å². The Labute approximate surface area is 251 Å². The van der Waals surface area contributed by atoms with Crippen molar-refractivity contribution in [1.82, 2.24) is 16.0 Å². The Kier molecular flexibility index (Phi) is 10.7. The number of carboxylic acid groups (broad SMARTS) is 1. The van der Waals surface area contributed by atoms with E-state index in [1.165, 1.54) is 0 Å². The number of hydrogen-bond acceptors (Lipinski definition) is 8. The fraction of sp³-hybridized carbons (Fsp3) is 0.452. The van der Waals surface area contributed by atoms with Crippen molar-refractivity contribution in [3.63, 3.8) is 0 Å². The highest BCUT2D eigenvalue weighted by atomic mass is 16.6. The van der Waals surface area contributed by atoms with Crippen molar-refractivity contribution in [3.8, 4) is 11.1 Å². The number of hydrogen-bond donors (Lipinski definition) is 4. The van der Waals surface area contributed by atoms with E-state index in [1.807, 2.05) is 48.5 Å². The lowest BCUT2D eigenvalue weighted by molar-refractivity contribution is -0.139. The van der Waals surface area contributed by atoms with E-state index >= 15 is 0 Å². The standard InChI is InChI=1S/C31H40N4O8/c1-30(2,3)42-28(39)34-26(35-29(40)43-31(4,5)6)32-17-11-16-24(25(36)37)33-27(38)41-18-23-21-14-9-7-12-19(21)20-13-8-10-15-22(20)23/h7-10,12-15,23-24H,11,16-18H2,1-6H3,(H,33,38)(H,36,37)(H2,32,34,35,39,40). The van der Waals surface area contributed by atoms with Gasteiger partial charge in [0.25, 0.3) is 0 Å². The van der Waals surface area contributed by atoms with E-state index in [0.29, 0.717) is 0 Å². The Hall–Kier alpha value is -4.61. The molecule has 3 rings (SSSR count). The molecule has 1 atom stereocenters. The lowest BCUT2D eigenvalue weighted by atomic mass is 9.98. The van der Waals surface area contributed by atoms with Crippen LogP contribution in [-0.4, -0.2) is 65.7 Å². The predicted molar refractivity (Wildman–Crippen MR) is 160 cm³/mol. The van der Waals surface area contributed by atoms with E-state index in [9.17, 15) is 24.3 Å². The molecule has 4 N–H and O–H groups in total. The van der Waals surface area contributed by atoms with Crippen molar-refractivity contribution >= 4 is 30.2 Å². The summed E-state index contributed by atoms with van der Waals surface area (Å²) in [7, 11) is 0. The third kappa shape index (κ3) is 10.3. The Morgan fingerprint density at radius 2 is 1.30 bits per heavy atom. The number of alkyl carbamates (subject to hydrolysis) is 3. The minimum Gasteiger partial charge on any atom is -0.480 e. The van der Waals surface area contributed by atoms with Gasteiger partial charge in [-0.25, -0.2) is 19.2 Å². The SMILES string of the molecule is CC(C)(C)OC(=O)NC(=NCCCC(NC(=O)OCC1c2ccccc2-c2ccccc21)C(=O)O)NC(=O)OC(C)(C)C. The molecule has 0 aliphatic heterocycles. The second-order valence-electron chi connectivity index (χ2n) is 12.0. The van der Waals surface area contributed by atoms with Crippen molar-refractivity contribution in [2.45, 2.75) is 77.5 Å². The van der Waals surface area contributed by atoms with Gasteiger partial charge in [-0.15, -0.1) is 0 Å². The highest BCUT2D eigenvalue weighted by Crippen LogP contribution is 2.44. The molecule has 0 radical (unpaired) electrons. The van der Waals surface area contributed by atoms with Gasteiger partial charge in [-0.05, 0) is 76.6 Å². The summed E-state index contributed by atoms with van der Waals surface area (Å²) < 4.78 is 15.9. The molecule has 1 aliphatic carbocycles. The van der Waals surface area contributed by atoms with Crippen LogP contribution in [0, 0.1) is 0 Å². The molecule has 1 unspecified atom stereocenters. The summed E-state index contributed by atoms with van der Waals surface area (Å²) >= 11 is 0. The van der Waals surface area contributed by atoms with Crippen LogP contribution >= 0.6 is 0 Å². The summed E-state index contributed by atoms with van der Waals surface area (Å²) in [6.45, 7) is 10.1. The minimum atomic E-state index is -1.24. The second kappa shape index (κ2) is 14.0. The Morgan fingerprint density at radius 1 is 0.814 bits per heavy atom. The number of ether oxygens (including phenoxy) is 3. The minimum absolute atomic E-state index is 0.00911. The number of fused-ring (bicyclic) bond motifs is 3. The van der Waals surface area contributed by atoms with Gasteiger partial charge in [0.05, 0.1) is 0 Å². The average Bonchev–Trinajstić information content (AvgIpc) is 3.20. The summed E-state index contributed by atoms with van der Waals surface area (Å²) in [5, 5.41) is 16.8. The third-order valence-corrected chi connectivity index (χ3v) is 6.09. The van der Waals surface area contributed by atoms with Crippen LogP contribution in [0.25, 0.3) is 11.1 Å². The van der Waals surface area contributed by atoms with Crippen molar-refractivity contribution < 1.29 is 38.5 Å². The number of amides is 3. The molecule has 43 heavy (non-hydrogen) atoms. The monoisotopic (exact) mass is 596 g/mol. The highest BCUT2D eigenvalue weighted by molar-refractivity contribution is 6.01. The summed E-state index contributed by atoms with van der Waals surface area (Å²) in [5.41, 5.74) is 2.66. The van der Waals surface area contributed by atoms with Crippen molar-refractivity contribution in [2.24, 2.45) is 4.99 Å². The Morgan fingerprint density at radius 3 is 1.77 bits per heavy atom. The van der Waals surface area contributed by atoms with E-state index in [2.05, 4.69) is 20.9 Å². The molecule has 3 amide bonds. The maximum Gasteiger partial charge on any atom is 0.414 e. The topological polar surface area (TPSA) is 165 Å². The predicted octanol–water partition coefficient (Wildman–Crippen LogP) is 5.16. The first kappa shape index (κ1) is 32.9. The smallest absolute Gasteiger partial charge is 0.414 e. The van der Waals surface area contributed by atoms with E-state index in [-0.39, 0.29) is 37.9 Å². The highest BCUT2D eigenvalue weighted by Gasteiger charge is 2.30. The first-order valence-electron chi connectivity index (χ1n) is 14.0. The van der Waals surface area contributed by atoms with Crippen molar-refractivity contribution in [1.29, 1.82) is 0 Å². The number of carbonyl (C=O) groups excluding carboxylic acids is 3. The molecule has 12 heteroatoms. The maximum atomic E-state index is 12.6. The third-order valence-electron chi connectivity index (χ3n) is 6.09. The number of carbonyl (C=O) groups is 4. The normalized spacial score (nSPS) is 13.1. The molecule has 12 nitrogen and oxygen atoms in total. The molecule has 0 saturated heterocycles. The summed E-state index contributed by atoms with van der Waals surface area (Å²) in [5.74, 6) is -1.62. The molecule has 0 fully saturated rings. The Bertz CT molecular complexity index is 1280. The van der Waals surface area contributed by atoms with Crippen LogP contribution in [-0.2, 0) is 19.0 Å². The number of guanidine groups is 1. The van der Waals surface area contributed by atoms with Gasteiger partial charge in [-0.3, -0.25) is 15.6 Å². The van der Waals surface area contributed by atoms with E-state index in [4.69, 9.17) is 14.2 Å². The van der Waals surface area contributed by atoms with Gasteiger partial charge in [0.1, 0.15) is 23.9 Å². The largest absolute Gasteiger partial charge is 0.480 e. The van der Waals surface area contributed by atoms with Crippen molar-refractivity contribution in [2.75, 3.05) is 13.2 Å². The summed E-state index contributed by atoms with van der Waals surface area (Å²) in [6, 6.07) is 14.6. The molecule has 1 aliphatic rings. The van der Waals surface area contributed by atoms with Crippen LogP contribution in [0.5, 0.6) is 0 Å². The molecule has 0 saturated carbocycles. The average molecular weight is 597 g/mol.